The summed E-state index contributed by atoms with van der Waals surface area (Å²) in [6.45, 7) is 9.50. The third-order valence-electron chi connectivity index (χ3n) is 4.07. The summed E-state index contributed by atoms with van der Waals surface area (Å²) >= 11 is 0. The third kappa shape index (κ3) is 2.58. The van der Waals surface area contributed by atoms with Crippen molar-refractivity contribution < 1.29 is 14.1 Å². The van der Waals surface area contributed by atoms with E-state index in [0.29, 0.717) is 11.4 Å². The van der Waals surface area contributed by atoms with Gasteiger partial charge in [-0.05, 0) is 39.8 Å². The molecule has 108 valence electrons. The van der Waals surface area contributed by atoms with Crippen LogP contribution in [0.5, 0.6) is 0 Å². The lowest BCUT2D eigenvalue weighted by atomic mass is 9.84. The molecule has 0 N–H and O–H groups in total. The zero-order chi connectivity index (χ0) is 15.1. The van der Waals surface area contributed by atoms with E-state index in [2.05, 4.69) is 4.98 Å². The van der Waals surface area contributed by atoms with Gasteiger partial charge in [0, 0.05) is 14.0 Å². The van der Waals surface area contributed by atoms with E-state index in [1.165, 1.54) is 11.8 Å². The van der Waals surface area contributed by atoms with Gasteiger partial charge in [-0.15, -0.1) is 0 Å². The molecule has 0 atom stereocenters. The van der Waals surface area contributed by atoms with Crippen LogP contribution in [0.1, 0.15) is 34.6 Å². The molecule has 1 aliphatic rings. The van der Waals surface area contributed by atoms with Crippen molar-refractivity contribution in [3.63, 3.8) is 0 Å². The van der Waals surface area contributed by atoms with E-state index in [1.54, 1.807) is 13.1 Å². The Hall–Kier alpha value is -1.40. The van der Waals surface area contributed by atoms with Gasteiger partial charge in [0.2, 0.25) is 5.91 Å². The smallest absolute Gasteiger partial charge is 0.398 e. The van der Waals surface area contributed by atoms with Crippen LogP contribution in [0.15, 0.2) is 18.2 Å². The molecule has 6 heteroatoms. The van der Waals surface area contributed by atoms with Crippen LogP contribution < -0.4 is 10.5 Å². The molecule has 2 heterocycles. The van der Waals surface area contributed by atoms with Crippen molar-refractivity contribution in [2.24, 2.45) is 0 Å². The van der Waals surface area contributed by atoms with Crippen LogP contribution in [0.3, 0.4) is 0 Å². The standard InChI is InChI=1S/C14H21BN2O3/c1-10(18)17(6)12-9-7-8-11(16-12)15-19-13(2,3)14(4,5)20-15/h7-9H,1-6H3. The minimum Gasteiger partial charge on any atom is -0.398 e. The van der Waals surface area contributed by atoms with Gasteiger partial charge >= 0.3 is 7.12 Å². The highest BCUT2D eigenvalue weighted by molar-refractivity contribution is 6.61. The number of rotatable bonds is 2. The summed E-state index contributed by atoms with van der Waals surface area (Å²) < 4.78 is 11.9. The van der Waals surface area contributed by atoms with Crippen LogP contribution in [0, 0.1) is 0 Å². The number of pyridine rings is 1. The van der Waals surface area contributed by atoms with Crippen LogP contribution >= 0.6 is 0 Å². The first-order chi connectivity index (χ1) is 9.14. The Bertz CT molecular complexity index is 515. The van der Waals surface area contributed by atoms with E-state index in [-0.39, 0.29) is 5.91 Å². The molecule has 1 saturated heterocycles. The first-order valence-electron chi connectivity index (χ1n) is 6.71. The Balaban J connectivity index is 2.28. The van der Waals surface area contributed by atoms with Gasteiger partial charge in [-0.2, -0.15) is 0 Å². The fourth-order valence-corrected chi connectivity index (χ4v) is 1.88. The Morgan fingerprint density at radius 1 is 1.20 bits per heavy atom. The molecular formula is C14H21BN2O3. The van der Waals surface area contributed by atoms with Gasteiger partial charge in [-0.3, -0.25) is 4.79 Å². The van der Waals surface area contributed by atoms with Crippen molar-refractivity contribution in [3.05, 3.63) is 18.2 Å². The number of anilines is 1. The number of nitrogens with zero attached hydrogens (tertiary/aromatic N) is 2. The number of carbonyl (C=O) groups excluding carboxylic acids is 1. The second-order valence-electron chi connectivity index (χ2n) is 6.09. The van der Waals surface area contributed by atoms with E-state index >= 15 is 0 Å². The Morgan fingerprint density at radius 3 is 2.25 bits per heavy atom. The molecule has 0 spiro atoms. The lowest BCUT2D eigenvalue weighted by molar-refractivity contribution is -0.116. The monoisotopic (exact) mass is 276 g/mol. The SMILES string of the molecule is CC(=O)N(C)c1cccc(B2OC(C)(C)C(C)(C)O2)n1. The predicted molar refractivity (Wildman–Crippen MR) is 79.0 cm³/mol. The summed E-state index contributed by atoms with van der Waals surface area (Å²) in [7, 11) is 1.18. The summed E-state index contributed by atoms with van der Waals surface area (Å²) in [6.07, 6.45) is 0. The zero-order valence-electron chi connectivity index (χ0n) is 12.9. The number of carbonyl (C=O) groups is 1. The molecule has 0 aliphatic carbocycles. The summed E-state index contributed by atoms with van der Waals surface area (Å²) in [4.78, 5) is 17.4. The fraction of sp³-hybridized carbons (Fsp3) is 0.571. The van der Waals surface area contributed by atoms with Gasteiger partial charge in [0.25, 0.3) is 0 Å². The van der Waals surface area contributed by atoms with Crippen molar-refractivity contribution in [1.82, 2.24) is 4.98 Å². The van der Waals surface area contributed by atoms with E-state index in [1.807, 2.05) is 39.8 Å². The molecule has 1 aromatic heterocycles. The molecular weight excluding hydrogens is 255 g/mol. The quantitative estimate of drug-likeness (QED) is 0.765. The summed E-state index contributed by atoms with van der Waals surface area (Å²) in [5.74, 6) is 0.522. The molecule has 1 fully saturated rings. The molecule has 0 radical (unpaired) electrons. The van der Waals surface area contributed by atoms with Gasteiger partial charge < -0.3 is 14.2 Å². The van der Waals surface area contributed by atoms with E-state index in [9.17, 15) is 4.79 Å². The maximum Gasteiger partial charge on any atom is 0.514 e. The molecule has 0 unspecified atom stereocenters. The van der Waals surface area contributed by atoms with E-state index in [0.717, 1.165) is 0 Å². The van der Waals surface area contributed by atoms with Gasteiger partial charge in [0.15, 0.2) is 0 Å². The third-order valence-corrected chi connectivity index (χ3v) is 4.07. The summed E-state index contributed by atoms with van der Waals surface area (Å²) in [6, 6.07) is 5.48. The average Bonchev–Trinajstić information content (AvgIpc) is 2.57. The molecule has 1 aliphatic heterocycles. The number of hydrogen-bond donors (Lipinski definition) is 0. The van der Waals surface area contributed by atoms with E-state index < -0.39 is 18.3 Å². The average molecular weight is 276 g/mol. The van der Waals surface area contributed by atoms with Crippen LogP contribution in [0.4, 0.5) is 5.82 Å². The fourth-order valence-electron chi connectivity index (χ4n) is 1.88. The van der Waals surface area contributed by atoms with Crippen molar-refractivity contribution in [3.8, 4) is 0 Å². The van der Waals surface area contributed by atoms with Crippen LogP contribution in [-0.2, 0) is 14.1 Å². The molecule has 0 aromatic carbocycles. The molecule has 5 nitrogen and oxygen atoms in total. The number of amides is 1. The van der Waals surface area contributed by atoms with Crippen molar-refractivity contribution >= 4 is 24.4 Å². The second kappa shape index (κ2) is 4.86. The number of aromatic nitrogens is 1. The van der Waals surface area contributed by atoms with Crippen LogP contribution in [0.25, 0.3) is 0 Å². The number of hydrogen-bond acceptors (Lipinski definition) is 4. The first-order valence-corrected chi connectivity index (χ1v) is 6.71. The Labute approximate surface area is 120 Å². The topological polar surface area (TPSA) is 51.7 Å². The largest absolute Gasteiger partial charge is 0.514 e. The minimum atomic E-state index is -0.514. The first kappa shape index (κ1) is 15.0. The van der Waals surface area contributed by atoms with Crippen LogP contribution in [-0.4, -0.2) is 36.3 Å². The van der Waals surface area contributed by atoms with Gasteiger partial charge in [0.1, 0.15) is 5.82 Å². The normalized spacial score (nSPS) is 20.0. The molecule has 0 bridgehead atoms. The highest BCUT2D eigenvalue weighted by atomic mass is 16.7. The maximum absolute atomic E-state index is 11.4. The van der Waals surface area contributed by atoms with Gasteiger partial charge in [0.05, 0.1) is 16.8 Å². The minimum absolute atomic E-state index is 0.0661. The van der Waals surface area contributed by atoms with Crippen LogP contribution in [0.2, 0.25) is 0 Å². The predicted octanol–water partition coefficient (Wildman–Crippen LogP) is 1.36. The van der Waals surface area contributed by atoms with E-state index in [4.69, 9.17) is 9.31 Å². The Kier molecular flexibility index (Phi) is 3.65. The summed E-state index contributed by atoms with van der Waals surface area (Å²) in [5, 5.41) is 0. The second-order valence-corrected chi connectivity index (χ2v) is 6.09. The molecule has 2 rings (SSSR count). The lowest BCUT2D eigenvalue weighted by Crippen LogP contribution is -2.41. The Morgan fingerprint density at radius 2 is 1.75 bits per heavy atom. The summed E-state index contributed by atoms with van der Waals surface area (Å²) in [5.41, 5.74) is -0.127. The highest BCUT2D eigenvalue weighted by Crippen LogP contribution is 2.36. The molecule has 1 aromatic rings. The molecule has 1 amide bonds. The van der Waals surface area contributed by atoms with Crippen molar-refractivity contribution in [2.45, 2.75) is 45.8 Å². The van der Waals surface area contributed by atoms with Crippen molar-refractivity contribution in [1.29, 1.82) is 0 Å². The zero-order valence-corrected chi connectivity index (χ0v) is 12.9. The molecule has 20 heavy (non-hydrogen) atoms. The van der Waals surface area contributed by atoms with Crippen molar-refractivity contribution in [2.75, 3.05) is 11.9 Å². The van der Waals surface area contributed by atoms with Gasteiger partial charge in [-0.1, -0.05) is 6.07 Å². The lowest BCUT2D eigenvalue weighted by Gasteiger charge is -2.32. The maximum atomic E-state index is 11.4. The molecule has 0 saturated carbocycles. The highest BCUT2D eigenvalue weighted by Gasteiger charge is 2.52. The van der Waals surface area contributed by atoms with Gasteiger partial charge in [-0.25, -0.2) is 4.98 Å².